The Morgan fingerprint density at radius 1 is 1.17 bits per heavy atom. The molecule has 4 heteroatoms. The molecule has 1 aliphatic heterocycles. The standard InChI is InChI=1S/C19H18NO3/c1-22-18-12-23-19-16-5-3-2-4-15(16)10-17(20(18)19)14-8-6-13(11-21)7-9-14/h2-10,18,21H,11-12H2,1H3/q+1. The molecule has 4 nitrogen and oxygen atoms in total. The number of aromatic nitrogens is 1. The van der Waals surface area contributed by atoms with E-state index in [-0.39, 0.29) is 12.8 Å². The van der Waals surface area contributed by atoms with E-state index in [9.17, 15) is 5.11 Å². The molecule has 4 rings (SSSR count). The van der Waals surface area contributed by atoms with Crippen LogP contribution in [-0.4, -0.2) is 18.8 Å². The maximum Gasteiger partial charge on any atom is 0.379 e. The van der Waals surface area contributed by atoms with E-state index in [1.807, 2.05) is 36.4 Å². The number of hydrogen-bond donors (Lipinski definition) is 1. The van der Waals surface area contributed by atoms with Crippen LogP contribution >= 0.6 is 0 Å². The molecule has 0 spiro atoms. The molecule has 1 N–H and O–H groups in total. The second-order valence-corrected chi connectivity index (χ2v) is 5.65. The lowest BCUT2D eigenvalue weighted by Crippen LogP contribution is -2.39. The van der Waals surface area contributed by atoms with Crippen molar-refractivity contribution in [3.05, 3.63) is 60.2 Å². The highest BCUT2D eigenvalue weighted by atomic mass is 16.6. The fraction of sp³-hybridized carbons (Fsp3) is 0.211. The number of aliphatic hydroxyl groups is 1. The van der Waals surface area contributed by atoms with Gasteiger partial charge < -0.3 is 14.6 Å². The molecule has 3 aromatic rings. The van der Waals surface area contributed by atoms with Gasteiger partial charge in [0.15, 0.2) is 6.61 Å². The molecule has 1 unspecified atom stereocenters. The van der Waals surface area contributed by atoms with E-state index < -0.39 is 0 Å². The van der Waals surface area contributed by atoms with Gasteiger partial charge >= 0.3 is 12.1 Å². The SMILES string of the molecule is COC1COc2c3ccccc3cc(-c3ccc(CO)cc3)[n+]21. The number of rotatable bonds is 3. The molecule has 0 amide bonds. The maximum absolute atomic E-state index is 9.23. The van der Waals surface area contributed by atoms with Gasteiger partial charge in [-0.3, -0.25) is 0 Å². The summed E-state index contributed by atoms with van der Waals surface area (Å²) in [6.45, 7) is 0.555. The Labute approximate surface area is 134 Å². The Bertz CT molecular complexity index is 858. The first-order valence-corrected chi connectivity index (χ1v) is 7.65. The summed E-state index contributed by atoms with van der Waals surface area (Å²) in [4.78, 5) is 0. The van der Waals surface area contributed by atoms with E-state index in [1.54, 1.807) is 7.11 Å². The van der Waals surface area contributed by atoms with Crippen molar-refractivity contribution in [3.63, 3.8) is 0 Å². The lowest BCUT2D eigenvalue weighted by Gasteiger charge is -2.08. The Morgan fingerprint density at radius 2 is 1.96 bits per heavy atom. The number of aliphatic hydroxyl groups excluding tert-OH is 1. The van der Waals surface area contributed by atoms with Gasteiger partial charge in [0, 0.05) is 18.7 Å². The number of benzene rings is 2. The molecule has 116 valence electrons. The highest BCUT2D eigenvalue weighted by molar-refractivity contribution is 5.88. The number of pyridine rings is 1. The van der Waals surface area contributed by atoms with Crippen LogP contribution in [0, 0.1) is 0 Å². The summed E-state index contributed by atoms with van der Waals surface area (Å²) in [5, 5.41) is 11.5. The molecule has 2 heterocycles. The molecule has 1 aromatic heterocycles. The normalized spacial score (nSPS) is 16.3. The molecule has 0 saturated carbocycles. The minimum atomic E-state index is -0.137. The zero-order chi connectivity index (χ0) is 15.8. The second-order valence-electron chi connectivity index (χ2n) is 5.65. The van der Waals surface area contributed by atoms with Crippen LogP contribution in [-0.2, 0) is 11.3 Å². The summed E-state index contributed by atoms with van der Waals surface area (Å²) in [6, 6.07) is 18.3. The van der Waals surface area contributed by atoms with Crippen LogP contribution in [0.4, 0.5) is 0 Å². The first kappa shape index (κ1) is 14.2. The van der Waals surface area contributed by atoms with E-state index in [0.717, 1.165) is 33.5 Å². The van der Waals surface area contributed by atoms with E-state index in [2.05, 4.69) is 22.8 Å². The minimum absolute atomic E-state index is 0.0487. The van der Waals surface area contributed by atoms with Crippen LogP contribution in [0.2, 0.25) is 0 Å². The molecular weight excluding hydrogens is 290 g/mol. The summed E-state index contributed by atoms with van der Waals surface area (Å²) in [5.41, 5.74) is 3.02. The quantitative estimate of drug-likeness (QED) is 0.757. The van der Waals surface area contributed by atoms with E-state index in [1.165, 1.54) is 0 Å². The van der Waals surface area contributed by atoms with Crippen LogP contribution in [0.1, 0.15) is 11.8 Å². The molecule has 0 radical (unpaired) electrons. The maximum atomic E-state index is 9.23. The fourth-order valence-electron chi connectivity index (χ4n) is 3.11. The van der Waals surface area contributed by atoms with Crippen molar-refractivity contribution in [2.45, 2.75) is 12.8 Å². The first-order valence-electron chi connectivity index (χ1n) is 7.65. The highest BCUT2D eigenvalue weighted by Crippen LogP contribution is 2.32. The van der Waals surface area contributed by atoms with Gasteiger partial charge in [0.25, 0.3) is 0 Å². The smallest absolute Gasteiger partial charge is 0.379 e. The number of fused-ring (bicyclic) bond motifs is 3. The third kappa shape index (κ3) is 2.27. The van der Waals surface area contributed by atoms with Gasteiger partial charge in [-0.15, -0.1) is 4.57 Å². The Balaban J connectivity index is 1.98. The van der Waals surface area contributed by atoms with E-state index >= 15 is 0 Å². The van der Waals surface area contributed by atoms with Crippen molar-refractivity contribution in [1.29, 1.82) is 0 Å². The second kappa shape index (κ2) is 5.65. The minimum Gasteiger partial charge on any atom is -0.434 e. The monoisotopic (exact) mass is 308 g/mol. The Kier molecular flexibility index (Phi) is 3.48. The molecule has 1 atom stereocenters. The highest BCUT2D eigenvalue weighted by Gasteiger charge is 2.37. The lowest BCUT2D eigenvalue weighted by atomic mass is 10.0. The molecule has 1 aliphatic rings. The Morgan fingerprint density at radius 3 is 2.70 bits per heavy atom. The van der Waals surface area contributed by atoms with Gasteiger partial charge in [0.1, 0.15) is 0 Å². The molecule has 0 saturated heterocycles. The van der Waals surface area contributed by atoms with Crippen LogP contribution in [0.3, 0.4) is 0 Å². The number of methoxy groups -OCH3 is 1. The van der Waals surface area contributed by atoms with Gasteiger partial charge in [-0.25, -0.2) is 0 Å². The van der Waals surface area contributed by atoms with Gasteiger partial charge in [0.05, 0.1) is 12.0 Å². The largest absolute Gasteiger partial charge is 0.434 e. The number of nitrogens with zero attached hydrogens (tertiary/aromatic N) is 1. The lowest BCUT2D eigenvalue weighted by molar-refractivity contribution is -0.731. The van der Waals surface area contributed by atoms with Crippen LogP contribution < -0.4 is 9.30 Å². The Hall–Kier alpha value is -2.43. The van der Waals surface area contributed by atoms with Gasteiger partial charge in [0.2, 0.25) is 5.69 Å². The van der Waals surface area contributed by atoms with Crippen LogP contribution in [0.5, 0.6) is 5.88 Å². The molecule has 0 fully saturated rings. The van der Waals surface area contributed by atoms with Crippen LogP contribution in [0.25, 0.3) is 22.0 Å². The molecular formula is C19H18NO3+. The molecule has 23 heavy (non-hydrogen) atoms. The summed E-state index contributed by atoms with van der Waals surface area (Å²) in [5.74, 6) is 0.844. The number of hydrogen-bond acceptors (Lipinski definition) is 3. The zero-order valence-corrected chi connectivity index (χ0v) is 12.9. The summed E-state index contributed by atoms with van der Waals surface area (Å²) in [6.07, 6.45) is -0.137. The average Bonchev–Trinajstić information content (AvgIpc) is 3.05. The summed E-state index contributed by atoms with van der Waals surface area (Å²) >= 11 is 0. The fourth-order valence-corrected chi connectivity index (χ4v) is 3.11. The third-order valence-corrected chi connectivity index (χ3v) is 4.32. The van der Waals surface area contributed by atoms with Gasteiger partial charge in [-0.2, -0.15) is 0 Å². The van der Waals surface area contributed by atoms with Gasteiger partial charge in [-0.05, 0) is 29.1 Å². The predicted octanol–water partition coefficient (Wildman–Crippen LogP) is 2.82. The van der Waals surface area contributed by atoms with Crippen molar-refractivity contribution in [2.24, 2.45) is 0 Å². The zero-order valence-electron chi connectivity index (χ0n) is 12.9. The van der Waals surface area contributed by atoms with E-state index in [4.69, 9.17) is 9.47 Å². The number of ether oxygens (including phenoxy) is 2. The first-order chi connectivity index (χ1) is 11.3. The topological polar surface area (TPSA) is 42.6 Å². The molecule has 0 bridgehead atoms. The van der Waals surface area contributed by atoms with Crippen molar-refractivity contribution in [3.8, 4) is 17.1 Å². The average molecular weight is 308 g/mol. The van der Waals surface area contributed by atoms with Crippen LogP contribution in [0.15, 0.2) is 54.6 Å². The third-order valence-electron chi connectivity index (χ3n) is 4.32. The van der Waals surface area contributed by atoms with Crippen molar-refractivity contribution >= 4 is 10.8 Å². The van der Waals surface area contributed by atoms with Crippen molar-refractivity contribution in [2.75, 3.05) is 13.7 Å². The van der Waals surface area contributed by atoms with Gasteiger partial charge in [-0.1, -0.05) is 30.3 Å². The predicted molar refractivity (Wildman–Crippen MR) is 87.0 cm³/mol. The summed E-state index contributed by atoms with van der Waals surface area (Å²) in [7, 11) is 1.70. The van der Waals surface area contributed by atoms with Crippen molar-refractivity contribution < 1.29 is 19.1 Å². The summed E-state index contributed by atoms with van der Waals surface area (Å²) < 4.78 is 13.6. The molecule has 2 aromatic carbocycles. The van der Waals surface area contributed by atoms with Crippen molar-refractivity contribution in [1.82, 2.24) is 0 Å². The molecule has 0 aliphatic carbocycles. The van der Waals surface area contributed by atoms with E-state index in [0.29, 0.717) is 6.61 Å².